The van der Waals surface area contributed by atoms with E-state index in [9.17, 15) is 2.74 Å². The summed E-state index contributed by atoms with van der Waals surface area (Å²) < 4.78 is 37.0. The van der Waals surface area contributed by atoms with Crippen LogP contribution in [0.15, 0.2) is 200 Å². The fourth-order valence-corrected chi connectivity index (χ4v) is 6.30. The first-order valence-corrected chi connectivity index (χ1v) is 15.8. The van der Waals surface area contributed by atoms with Crippen molar-refractivity contribution in [2.45, 2.75) is 0 Å². The standard InChI is InChI=1S/C46H33N/c1-4-14-34(15-5-1)35-24-29-40(30-25-35)47(45-23-13-12-21-42(45)36-16-6-2-7-17-36)41-31-26-38(27-32-41)44-33-28-37-18-10-11-22-43(37)46(44)39-19-8-3-9-20-39/h1-33H/i24D,25D,29D,30D. The van der Waals surface area contributed by atoms with Gasteiger partial charge in [0, 0.05) is 16.9 Å². The summed E-state index contributed by atoms with van der Waals surface area (Å²) in [6.07, 6.45) is 0. The molecule has 0 aliphatic heterocycles. The van der Waals surface area contributed by atoms with Crippen LogP contribution in [0.2, 0.25) is 0 Å². The predicted molar refractivity (Wildman–Crippen MR) is 200 cm³/mol. The fraction of sp³-hybridized carbons (Fsp3) is 0. The number of benzene rings is 8. The molecule has 0 spiro atoms. The minimum atomic E-state index is -0.109. The molecule has 222 valence electrons. The van der Waals surface area contributed by atoms with Gasteiger partial charge in [-0.2, -0.15) is 0 Å². The second-order valence-electron chi connectivity index (χ2n) is 11.4. The van der Waals surface area contributed by atoms with Crippen molar-refractivity contribution in [3.05, 3.63) is 200 Å². The maximum Gasteiger partial charge on any atom is 0.0645 e. The normalized spacial score (nSPS) is 12.2. The summed E-state index contributed by atoms with van der Waals surface area (Å²) in [5, 5.41) is 2.34. The molecule has 0 aromatic heterocycles. The third kappa shape index (κ3) is 5.60. The van der Waals surface area contributed by atoms with E-state index in [2.05, 4.69) is 72.8 Å². The Morgan fingerprint density at radius 3 is 1.60 bits per heavy atom. The van der Waals surface area contributed by atoms with Crippen molar-refractivity contribution in [2.75, 3.05) is 4.90 Å². The van der Waals surface area contributed by atoms with Gasteiger partial charge in [0.2, 0.25) is 0 Å². The molecule has 0 radical (unpaired) electrons. The lowest BCUT2D eigenvalue weighted by molar-refractivity contribution is 1.28. The molecular weight excluding hydrogens is 567 g/mol. The molecule has 1 nitrogen and oxygen atoms in total. The Hall–Kier alpha value is -6.18. The quantitative estimate of drug-likeness (QED) is 0.175. The average molecular weight is 604 g/mol. The lowest BCUT2D eigenvalue weighted by atomic mass is 9.89. The minimum absolute atomic E-state index is 0.0836. The van der Waals surface area contributed by atoms with Crippen LogP contribution in [0.4, 0.5) is 17.1 Å². The lowest BCUT2D eigenvalue weighted by Gasteiger charge is -2.28. The van der Waals surface area contributed by atoms with Crippen molar-refractivity contribution >= 4 is 27.8 Å². The maximum atomic E-state index is 9.37. The van der Waals surface area contributed by atoms with E-state index in [-0.39, 0.29) is 35.4 Å². The number of hydrogen-bond acceptors (Lipinski definition) is 1. The maximum absolute atomic E-state index is 9.37. The van der Waals surface area contributed by atoms with Gasteiger partial charge in [0.25, 0.3) is 0 Å². The average Bonchev–Trinajstić information content (AvgIpc) is 3.19. The topological polar surface area (TPSA) is 3.24 Å². The van der Waals surface area contributed by atoms with Gasteiger partial charge in [-0.15, -0.1) is 0 Å². The molecule has 0 aliphatic rings. The predicted octanol–water partition coefficient (Wildman–Crippen LogP) is 13.0. The molecule has 0 bridgehead atoms. The summed E-state index contributed by atoms with van der Waals surface area (Å²) in [5.41, 5.74) is 8.89. The summed E-state index contributed by atoms with van der Waals surface area (Å²) >= 11 is 0. The zero-order chi connectivity index (χ0) is 34.9. The Balaban J connectivity index is 1.34. The Morgan fingerprint density at radius 1 is 0.340 bits per heavy atom. The molecular formula is C46H33N. The van der Waals surface area contributed by atoms with Crippen molar-refractivity contribution < 1.29 is 5.48 Å². The van der Waals surface area contributed by atoms with Gasteiger partial charge < -0.3 is 4.90 Å². The molecule has 0 N–H and O–H groups in total. The van der Waals surface area contributed by atoms with Crippen molar-refractivity contribution in [3.8, 4) is 44.5 Å². The van der Waals surface area contributed by atoms with Crippen LogP contribution in [0, 0.1) is 0 Å². The van der Waals surface area contributed by atoms with Gasteiger partial charge in [0.15, 0.2) is 0 Å². The fourth-order valence-electron chi connectivity index (χ4n) is 6.30. The Kier molecular flexibility index (Phi) is 6.50. The van der Waals surface area contributed by atoms with Crippen molar-refractivity contribution in [3.63, 3.8) is 0 Å². The number of nitrogens with zero attached hydrogens (tertiary/aromatic N) is 1. The molecule has 0 amide bonds. The van der Waals surface area contributed by atoms with E-state index in [0.29, 0.717) is 5.56 Å². The van der Waals surface area contributed by atoms with Crippen LogP contribution in [0.1, 0.15) is 5.48 Å². The summed E-state index contributed by atoms with van der Waals surface area (Å²) in [6, 6.07) is 58.2. The Morgan fingerprint density at radius 2 is 0.894 bits per heavy atom. The van der Waals surface area contributed by atoms with Gasteiger partial charge in [-0.25, -0.2) is 0 Å². The van der Waals surface area contributed by atoms with Crippen LogP contribution in [-0.4, -0.2) is 0 Å². The van der Waals surface area contributed by atoms with Crippen LogP contribution >= 0.6 is 0 Å². The summed E-state index contributed by atoms with van der Waals surface area (Å²) in [4.78, 5) is 1.88. The van der Waals surface area contributed by atoms with E-state index >= 15 is 0 Å². The number of para-hydroxylation sites is 1. The molecule has 0 heterocycles. The summed E-state index contributed by atoms with van der Waals surface area (Å²) in [5.74, 6) is 0. The van der Waals surface area contributed by atoms with Crippen LogP contribution in [-0.2, 0) is 0 Å². The molecule has 8 aromatic carbocycles. The van der Waals surface area contributed by atoms with Crippen LogP contribution in [0.3, 0.4) is 0 Å². The number of anilines is 3. The smallest absolute Gasteiger partial charge is 0.0645 e. The summed E-state index contributed by atoms with van der Waals surface area (Å²) in [6.45, 7) is 0. The Bertz CT molecular complexity index is 2470. The molecule has 0 saturated carbocycles. The number of fused-ring (bicyclic) bond motifs is 1. The zero-order valence-corrected chi connectivity index (χ0v) is 25.7. The molecule has 0 aliphatic carbocycles. The zero-order valence-electron chi connectivity index (χ0n) is 29.7. The summed E-state index contributed by atoms with van der Waals surface area (Å²) in [7, 11) is 0. The highest BCUT2D eigenvalue weighted by Crippen LogP contribution is 2.43. The molecule has 0 fully saturated rings. The third-order valence-corrected chi connectivity index (χ3v) is 8.56. The van der Waals surface area contributed by atoms with Gasteiger partial charge in [0.05, 0.1) is 11.2 Å². The van der Waals surface area contributed by atoms with Crippen LogP contribution in [0.25, 0.3) is 55.3 Å². The van der Waals surface area contributed by atoms with E-state index in [1.54, 1.807) is 0 Å². The van der Waals surface area contributed by atoms with E-state index < -0.39 is 0 Å². The van der Waals surface area contributed by atoms with Gasteiger partial charge in [-0.1, -0.05) is 170 Å². The van der Waals surface area contributed by atoms with E-state index in [1.165, 1.54) is 10.8 Å². The molecule has 0 unspecified atom stereocenters. The molecule has 0 atom stereocenters. The van der Waals surface area contributed by atoms with Crippen LogP contribution in [0.5, 0.6) is 0 Å². The molecule has 8 rings (SSSR count). The molecule has 0 saturated heterocycles. The van der Waals surface area contributed by atoms with Gasteiger partial charge in [-0.3, -0.25) is 0 Å². The monoisotopic (exact) mass is 603 g/mol. The first kappa shape index (κ1) is 24.1. The third-order valence-electron chi connectivity index (χ3n) is 8.56. The first-order chi connectivity index (χ1) is 25.0. The van der Waals surface area contributed by atoms with Gasteiger partial charge in [-0.05, 0) is 80.0 Å². The minimum Gasteiger partial charge on any atom is -0.310 e. The molecule has 1 heteroatoms. The highest BCUT2D eigenvalue weighted by Gasteiger charge is 2.18. The lowest BCUT2D eigenvalue weighted by Crippen LogP contribution is -2.11. The molecule has 47 heavy (non-hydrogen) atoms. The second-order valence-corrected chi connectivity index (χ2v) is 11.4. The highest BCUT2D eigenvalue weighted by molar-refractivity contribution is 6.04. The number of rotatable bonds is 7. The first-order valence-electron chi connectivity index (χ1n) is 17.8. The largest absolute Gasteiger partial charge is 0.310 e. The highest BCUT2D eigenvalue weighted by atomic mass is 15.1. The molecule has 8 aromatic rings. The second kappa shape index (κ2) is 12.7. The van der Waals surface area contributed by atoms with E-state index in [0.717, 1.165) is 44.8 Å². The number of hydrogen-bond donors (Lipinski definition) is 0. The van der Waals surface area contributed by atoms with Crippen molar-refractivity contribution in [2.24, 2.45) is 0 Å². The SMILES string of the molecule is [2H]c1c([2H])c(N(c2ccc(-c3ccc4ccccc4c3-c3ccccc3)cc2)c2ccccc2-c2ccccc2)c([2H])c([2H])c1-c1ccccc1. The van der Waals surface area contributed by atoms with E-state index in [1.807, 2.05) is 108 Å². The van der Waals surface area contributed by atoms with Gasteiger partial charge in [0.1, 0.15) is 0 Å². The van der Waals surface area contributed by atoms with Crippen molar-refractivity contribution in [1.29, 1.82) is 0 Å². The Labute approximate surface area is 282 Å². The van der Waals surface area contributed by atoms with Crippen molar-refractivity contribution in [1.82, 2.24) is 0 Å². The van der Waals surface area contributed by atoms with Crippen LogP contribution < -0.4 is 4.90 Å². The van der Waals surface area contributed by atoms with Gasteiger partial charge >= 0.3 is 0 Å². The van der Waals surface area contributed by atoms with E-state index in [4.69, 9.17) is 2.74 Å².